The van der Waals surface area contributed by atoms with E-state index in [9.17, 15) is 13.6 Å². The highest BCUT2D eigenvalue weighted by Crippen LogP contribution is 2.25. The van der Waals surface area contributed by atoms with E-state index in [0.717, 1.165) is 12.1 Å². The Bertz CT molecular complexity index is 1070. The number of aromatic nitrogens is 1. The van der Waals surface area contributed by atoms with E-state index in [0.29, 0.717) is 24.6 Å². The Hall–Kier alpha value is -3.68. The maximum atomic E-state index is 13.9. The molecule has 3 aromatic heterocycles. The number of hydrogen-bond acceptors (Lipinski definition) is 5. The van der Waals surface area contributed by atoms with Crippen LogP contribution in [0.4, 0.5) is 8.78 Å². The maximum Gasteiger partial charge on any atom is 0.223 e. The van der Waals surface area contributed by atoms with Crippen molar-refractivity contribution in [2.75, 3.05) is 0 Å². The summed E-state index contributed by atoms with van der Waals surface area (Å²) in [4.78, 5) is 18.5. The van der Waals surface area contributed by atoms with Gasteiger partial charge < -0.3 is 18.2 Å². The zero-order valence-corrected chi connectivity index (χ0v) is 15.9. The summed E-state index contributed by atoms with van der Waals surface area (Å²) in [6, 6.07) is 10.3. The van der Waals surface area contributed by atoms with Crippen LogP contribution in [0.15, 0.2) is 74.4 Å². The first-order valence-corrected chi connectivity index (χ1v) is 9.31. The monoisotopic (exact) mass is 412 g/mol. The van der Waals surface area contributed by atoms with Gasteiger partial charge in [0.1, 0.15) is 23.2 Å². The maximum absolute atomic E-state index is 13.9. The number of carbonyl (C=O) groups is 1. The predicted molar refractivity (Wildman–Crippen MR) is 102 cm³/mol. The first-order valence-electron chi connectivity index (χ1n) is 9.31. The van der Waals surface area contributed by atoms with E-state index in [1.165, 1.54) is 12.3 Å². The summed E-state index contributed by atoms with van der Waals surface area (Å²) in [5.74, 6) is 0.221. The molecular formula is C22H18F2N2O4. The third-order valence-electron chi connectivity index (χ3n) is 4.51. The average molecular weight is 412 g/mol. The second-order valence-electron chi connectivity index (χ2n) is 6.65. The molecule has 4 rings (SSSR count). The number of amides is 1. The van der Waals surface area contributed by atoms with Gasteiger partial charge in [0.15, 0.2) is 11.7 Å². The van der Waals surface area contributed by atoms with Crippen LogP contribution in [0.5, 0.6) is 0 Å². The van der Waals surface area contributed by atoms with Gasteiger partial charge in [0, 0.05) is 18.9 Å². The predicted octanol–water partition coefficient (Wildman–Crippen LogP) is 4.97. The fourth-order valence-electron chi connectivity index (χ4n) is 3.03. The molecule has 0 radical (unpaired) electrons. The summed E-state index contributed by atoms with van der Waals surface area (Å²) in [5.41, 5.74) is 0.110. The minimum atomic E-state index is -0.739. The minimum Gasteiger partial charge on any atom is -0.467 e. The van der Waals surface area contributed by atoms with Crippen molar-refractivity contribution in [3.8, 4) is 11.3 Å². The number of hydrogen-bond donors (Lipinski definition) is 0. The van der Waals surface area contributed by atoms with E-state index in [2.05, 4.69) is 4.98 Å². The van der Waals surface area contributed by atoms with Gasteiger partial charge in [-0.1, -0.05) is 0 Å². The van der Waals surface area contributed by atoms with Crippen molar-refractivity contribution >= 4 is 5.91 Å². The molecule has 0 atom stereocenters. The van der Waals surface area contributed by atoms with Crippen LogP contribution in [0.1, 0.15) is 23.8 Å². The molecule has 0 unspecified atom stereocenters. The molecule has 6 nitrogen and oxygen atoms in total. The topological polar surface area (TPSA) is 72.6 Å². The van der Waals surface area contributed by atoms with E-state index in [1.807, 2.05) is 0 Å². The normalized spacial score (nSPS) is 11.0. The first-order chi connectivity index (χ1) is 14.6. The summed E-state index contributed by atoms with van der Waals surface area (Å²) < 4.78 is 43.3. The molecule has 0 N–H and O–H groups in total. The summed E-state index contributed by atoms with van der Waals surface area (Å²) in [6.07, 6.45) is 4.82. The van der Waals surface area contributed by atoms with Crippen molar-refractivity contribution in [1.82, 2.24) is 9.88 Å². The lowest BCUT2D eigenvalue weighted by molar-refractivity contribution is -0.133. The Kier molecular flexibility index (Phi) is 5.74. The summed E-state index contributed by atoms with van der Waals surface area (Å²) in [5, 5.41) is 0. The van der Waals surface area contributed by atoms with Crippen LogP contribution >= 0.6 is 0 Å². The van der Waals surface area contributed by atoms with Crippen molar-refractivity contribution in [3.05, 3.63) is 90.2 Å². The Labute approximate surface area is 170 Å². The van der Waals surface area contributed by atoms with Crippen LogP contribution in [0, 0.1) is 11.6 Å². The van der Waals surface area contributed by atoms with Gasteiger partial charge in [-0.2, -0.15) is 0 Å². The van der Waals surface area contributed by atoms with Gasteiger partial charge >= 0.3 is 0 Å². The number of oxazole rings is 1. The Morgan fingerprint density at radius 3 is 2.30 bits per heavy atom. The highest BCUT2D eigenvalue weighted by Gasteiger charge is 2.19. The lowest BCUT2D eigenvalue weighted by atomic mass is 10.2. The van der Waals surface area contributed by atoms with Crippen LogP contribution < -0.4 is 0 Å². The molecule has 0 aliphatic rings. The van der Waals surface area contributed by atoms with Gasteiger partial charge in [-0.15, -0.1) is 0 Å². The second-order valence-corrected chi connectivity index (χ2v) is 6.65. The van der Waals surface area contributed by atoms with Crippen LogP contribution in [0.2, 0.25) is 0 Å². The Morgan fingerprint density at radius 1 is 1.00 bits per heavy atom. The number of benzene rings is 1. The number of nitrogens with zero attached hydrogens (tertiary/aromatic N) is 2. The third-order valence-corrected chi connectivity index (χ3v) is 4.51. The van der Waals surface area contributed by atoms with Gasteiger partial charge in [-0.3, -0.25) is 4.79 Å². The van der Waals surface area contributed by atoms with E-state index >= 15 is 0 Å². The molecule has 4 aromatic rings. The van der Waals surface area contributed by atoms with Gasteiger partial charge in [0.2, 0.25) is 5.91 Å². The molecule has 3 heterocycles. The fourth-order valence-corrected chi connectivity index (χ4v) is 3.03. The number of halogens is 2. The average Bonchev–Trinajstić information content (AvgIpc) is 3.49. The summed E-state index contributed by atoms with van der Waals surface area (Å²) in [6.45, 7) is 0.592. The minimum absolute atomic E-state index is 0.110. The molecule has 0 aliphatic carbocycles. The highest BCUT2D eigenvalue weighted by atomic mass is 19.1. The molecular weight excluding hydrogens is 394 g/mol. The molecule has 0 bridgehead atoms. The van der Waals surface area contributed by atoms with Crippen molar-refractivity contribution < 1.29 is 26.8 Å². The van der Waals surface area contributed by atoms with E-state index < -0.39 is 11.6 Å². The van der Waals surface area contributed by atoms with E-state index in [4.69, 9.17) is 13.3 Å². The number of furan rings is 2. The fraction of sp³-hybridized carbons (Fsp3) is 0.182. The molecule has 8 heteroatoms. The quantitative estimate of drug-likeness (QED) is 0.409. The molecule has 0 spiro atoms. The number of carbonyl (C=O) groups excluding carboxylic acids is 1. The van der Waals surface area contributed by atoms with Crippen LogP contribution in [-0.4, -0.2) is 15.8 Å². The Balaban J connectivity index is 1.42. The van der Waals surface area contributed by atoms with Crippen LogP contribution in [0.25, 0.3) is 11.3 Å². The van der Waals surface area contributed by atoms with Crippen molar-refractivity contribution in [2.45, 2.75) is 25.9 Å². The SMILES string of the molecule is O=C(CCc1ncc(-c2ccc(F)cc2F)o1)N(Cc1ccco1)Cc1ccco1. The molecule has 0 saturated carbocycles. The standard InChI is InChI=1S/C22H18F2N2O4/c23-15-5-6-18(19(24)11-15)20-12-25-21(30-20)7-8-22(27)26(13-16-3-1-9-28-16)14-17-4-2-10-29-17/h1-6,9-12H,7-8,13-14H2. The van der Waals surface area contributed by atoms with E-state index in [1.54, 1.807) is 41.7 Å². The zero-order chi connectivity index (χ0) is 20.9. The van der Waals surface area contributed by atoms with Gasteiger partial charge in [-0.25, -0.2) is 13.8 Å². The lowest BCUT2D eigenvalue weighted by Gasteiger charge is -2.20. The Morgan fingerprint density at radius 2 is 1.70 bits per heavy atom. The lowest BCUT2D eigenvalue weighted by Crippen LogP contribution is -2.30. The molecule has 0 aliphatic heterocycles. The highest BCUT2D eigenvalue weighted by molar-refractivity contribution is 5.76. The van der Waals surface area contributed by atoms with Gasteiger partial charge in [-0.05, 0) is 36.4 Å². The van der Waals surface area contributed by atoms with Crippen molar-refractivity contribution in [1.29, 1.82) is 0 Å². The van der Waals surface area contributed by atoms with Gasteiger partial charge in [0.25, 0.3) is 0 Å². The molecule has 1 amide bonds. The van der Waals surface area contributed by atoms with Crippen molar-refractivity contribution in [2.24, 2.45) is 0 Å². The number of rotatable bonds is 8. The molecule has 0 saturated heterocycles. The molecule has 154 valence electrons. The van der Waals surface area contributed by atoms with Crippen LogP contribution in [0.3, 0.4) is 0 Å². The third kappa shape index (κ3) is 4.65. The molecule has 1 aromatic carbocycles. The summed E-state index contributed by atoms with van der Waals surface area (Å²) >= 11 is 0. The smallest absolute Gasteiger partial charge is 0.223 e. The van der Waals surface area contributed by atoms with Crippen molar-refractivity contribution in [3.63, 3.8) is 0 Å². The zero-order valence-electron chi connectivity index (χ0n) is 15.9. The summed E-state index contributed by atoms with van der Waals surface area (Å²) in [7, 11) is 0. The molecule has 30 heavy (non-hydrogen) atoms. The first kappa shape index (κ1) is 19.6. The molecule has 0 fully saturated rings. The second kappa shape index (κ2) is 8.77. The van der Waals surface area contributed by atoms with E-state index in [-0.39, 0.29) is 36.0 Å². The van der Waals surface area contributed by atoms with Gasteiger partial charge in [0.05, 0.1) is 37.4 Å². The van der Waals surface area contributed by atoms with Crippen LogP contribution in [-0.2, 0) is 24.3 Å². The number of aryl methyl sites for hydroxylation is 1. The largest absolute Gasteiger partial charge is 0.467 e.